The summed E-state index contributed by atoms with van der Waals surface area (Å²) in [5, 5.41) is 4.22. The van der Waals surface area contributed by atoms with Crippen LogP contribution in [0.2, 0.25) is 0 Å². The molecule has 0 N–H and O–H groups in total. The van der Waals surface area contributed by atoms with Crippen molar-refractivity contribution in [2.45, 2.75) is 25.7 Å². The van der Waals surface area contributed by atoms with Crippen molar-refractivity contribution >= 4 is 11.6 Å². The third kappa shape index (κ3) is 2.46. The summed E-state index contributed by atoms with van der Waals surface area (Å²) in [7, 11) is 2.02. The second-order valence-corrected chi connectivity index (χ2v) is 6.39. The van der Waals surface area contributed by atoms with E-state index in [4.69, 9.17) is 0 Å². The predicted molar refractivity (Wildman–Crippen MR) is 88.8 cm³/mol. The van der Waals surface area contributed by atoms with Crippen LogP contribution in [0.25, 0.3) is 5.65 Å². The average Bonchev–Trinajstić information content (AvgIpc) is 3.17. The molecule has 0 aromatic carbocycles. The summed E-state index contributed by atoms with van der Waals surface area (Å²) in [6.07, 6.45) is 9.17. The van der Waals surface area contributed by atoms with Crippen LogP contribution in [-0.4, -0.2) is 48.0 Å². The number of carbonyl (C=O) groups is 1. The van der Waals surface area contributed by atoms with Crippen LogP contribution < -0.4 is 0 Å². The first kappa shape index (κ1) is 14.9. The fraction of sp³-hybridized carbons (Fsp3) is 0.412. The van der Waals surface area contributed by atoms with Gasteiger partial charge in [-0.15, -0.1) is 0 Å². The highest BCUT2D eigenvalue weighted by molar-refractivity contribution is 5.99. The minimum atomic E-state index is -0.000619. The molecular formula is C17H20N6O. The monoisotopic (exact) mass is 324 g/mol. The molecule has 7 heteroatoms. The Hall–Kier alpha value is -2.70. The number of aromatic nitrogens is 5. The molecule has 4 heterocycles. The molecule has 1 saturated heterocycles. The second-order valence-electron chi connectivity index (χ2n) is 6.39. The van der Waals surface area contributed by atoms with Crippen molar-refractivity contribution in [3.05, 3.63) is 47.9 Å². The van der Waals surface area contributed by atoms with Gasteiger partial charge >= 0.3 is 0 Å². The van der Waals surface area contributed by atoms with Crippen LogP contribution in [0.3, 0.4) is 0 Å². The van der Waals surface area contributed by atoms with Gasteiger partial charge in [-0.05, 0) is 25.8 Å². The van der Waals surface area contributed by atoms with Crippen molar-refractivity contribution in [3.63, 3.8) is 0 Å². The van der Waals surface area contributed by atoms with E-state index in [1.807, 2.05) is 25.1 Å². The molecule has 1 aliphatic rings. The van der Waals surface area contributed by atoms with Crippen LogP contribution in [0.5, 0.6) is 0 Å². The molecule has 1 fully saturated rings. The third-order valence-electron chi connectivity index (χ3n) is 4.62. The number of rotatable bonds is 2. The molecule has 7 nitrogen and oxygen atoms in total. The molecule has 0 spiro atoms. The standard InChI is InChI=1S/C17H20N6O/c1-12-10-21(2)15(20-12)13-5-3-7-22(11-13)17(24)14-9-19-23-8-4-6-18-16(14)23/h4,6,8-10,13H,3,5,7,11H2,1-2H3/t13-/m0/s1. The van der Waals surface area contributed by atoms with Gasteiger partial charge in [0.25, 0.3) is 5.91 Å². The van der Waals surface area contributed by atoms with E-state index in [2.05, 4.69) is 19.6 Å². The Kier molecular flexibility index (Phi) is 3.55. The van der Waals surface area contributed by atoms with E-state index in [0.717, 1.165) is 30.9 Å². The molecule has 124 valence electrons. The summed E-state index contributed by atoms with van der Waals surface area (Å²) in [4.78, 5) is 23.8. The number of imidazole rings is 1. The third-order valence-corrected chi connectivity index (χ3v) is 4.62. The first-order valence-corrected chi connectivity index (χ1v) is 8.21. The Labute approximate surface area is 139 Å². The fourth-order valence-corrected chi connectivity index (χ4v) is 3.53. The average molecular weight is 324 g/mol. The van der Waals surface area contributed by atoms with Crippen LogP contribution in [0.15, 0.2) is 30.9 Å². The van der Waals surface area contributed by atoms with Gasteiger partial charge in [0, 0.05) is 44.6 Å². The highest BCUT2D eigenvalue weighted by Crippen LogP contribution is 2.27. The quantitative estimate of drug-likeness (QED) is 0.721. The largest absolute Gasteiger partial charge is 0.338 e. The Morgan fingerprint density at radius 2 is 2.25 bits per heavy atom. The van der Waals surface area contributed by atoms with Crippen LogP contribution in [0, 0.1) is 6.92 Å². The summed E-state index contributed by atoms with van der Waals surface area (Å²) in [6, 6.07) is 1.80. The van der Waals surface area contributed by atoms with Crippen molar-refractivity contribution in [2.75, 3.05) is 13.1 Å². The summed E-state index contributed by atoms with van der Waals surface area (Å²) >= 11 is 0. The van der Waals surface area contributed by atoms with Crippen molar-refractivity contribution in [1.29, 1.82) is 0 Å². The topological polar surface area (TPSA) is 68.3 Å². The SMILES string of the molecule is Cc1cn(C)c([C@H]2CCCN(C(=O)c3cnn4cccnc34)C2)n1. The van der Waals surface area contributed by atoms with Gasteiger partial charge in [0.05, 0.1) is 11.9 Å². The Morgan fingerprint density at radius 3 is 3.04 bits per heavy atom. The Morgan fingerprint density at radius 1 is 1.38 bits per heavy atom. The molecule has 3 aromatic heterocycles. The normalized spacial score (nSPS) is 18.2. The molecule has 1 amide bonds. The van der Waals surface area contributed by atoms with E-state index in [0.29, 0.717) is 17.8 Å². The highest BCUT2D eigenvalue weighted by Gasteiger charge is 2.29. The minimum absolute atomic E-state index is 0.000619. The van der Waals surface area contributed by atoms with Gasteiger partial charge in [-0.2, -0.15) is 5.10 Å². The lowest BCUT2D eigenvalue weighted by Gasteiger charge is -2.32. The maximum atomic E-state index is 12.9. The second kappa shape index (κ2) is 5.74. The fourth-order valence-electron chi connectivity index (χ4n) is 3.53. The molecule has 24 heavy (non-hydrogen) atoms. The number of likely N-dealkylation sites (tertiary alicyclic amines) is 1. The summed E-state index contributed by atoms with van der Waals surface area (Å²) in [5.74, 6) is 1.33. The van der Waals surface area contributed by atoms with Gasteiger partial charge in [-0.25, -0.2) is 14.5 Å². The number of nitrogens with zero attached hydrogens (tertiary/aromatic N) is 6. The highest BCUT2D eigenvalue weighted by atomic mass is 16.2. The van der Waals surface area contributed by atoms with Gasteiger partial charge in [-0.3, -0.25) is 4.79 Å². The molecule has 0 radical (unpaired) electrons. The van der Waals surface area contributed by atoms with Gasteiger partial charge in [0.2, 0.25) is 0 Å². The lowest BCUT2D eigenvalue weighted by molar-refractivity contribution is 0.0705. The number of piperidine rings is 1. The van der Waals surface area contributed by atoms with Crippen LogP contribution in [0.1, 0.15) is 40.6 Å². The van der Waals surface area contributed by atoms with Crippen molar-refractivity contribution in [2.24, 2.45) is 7.05 Å². The van der Waals surface area contributed by atoms with Crippen LogP contribution >= 0.6 is 0 Å². The zero-order chi connectivity index (χ0) is 16.7. The van der Waals surface area contributed by atoms with Crippen LogP contribution in [0.4, 0.5) is 0 Å². The molecule has 3 aromatic rings. The lowest BCUT2D eigenvalue weighted by Crippen LogP contribution is -2.39. The molecule has 1 atom stereocenters. The maximum absolute atomic E-state index is 12.9. The summed E-state index contributed by atoms with van der Waals surface area (Å²) < 4.78 is 3.71. The summed E-state index contributed by atoms with van der Waals surface area (Å²) in [6.45, 7) is 3.45. The van der Waals surface area contributed by atoms with E-state index in [9.17, 15) is 4.79 Å². The summed E-state index contributed by atoms with van der Waals surface area (Å²) in [5.41, 5.74) is 2.19. The minimum Gasteiger partial charge on any atom is -0.338 e. The molecule has 0 saturated carbocycles. The number of hydrogen-bond acceptors (Lipinski definition) is 4. The van der Waals surface area contributed by atoms with Gasteiger partial charge in [-0.1, -0.05) is 0 Å². The number of amides is 1. The Bertz CT molecular complexity index is 896. The lowest BCUT2D eigenvalue weighted by atomic mass is 9.96. The van der Waals surface area contributed by atoms with Gasteiger partial charge in [0.1, 0.15) is 11.4 Å². The van der Waals surface area contributed by atoms with E-state index >= 15 is 0 Å². The molecule has 1 aliphatic heterocycles. The maximum Gasteiger partial charge on any atom is 0.259 e. The number of fused-ring (bicyclic) bond motifs is 1. The zero-order valence-corrected chi connectivity index (χ0v) is 13.9. The molecule has 4 rings (SSSR count). The first-order chi connectivity index (χ1) is 11.6. The molecular weight excluding hydrogens is 304 g/mol. The zero-order valence-electron chi connectivity index (χ0n) is 13.9. The van der Waals surface area contributed by atoms with Gasteiger partial charge in [0.15, 0.2) is 5.65 Å². The number of carbonyl (C=O) groups excluding carboxylic acids is 1. The molecule has 0 unspecified atom stereocenters. The van der Waals surface area contributed by atoms with Crippen LogP contribution in [-0.2, 0) is 7.05 Å². The molecule has 0 bridgehead atoms. The first-order valence-electron chi connectivity index (χ1n) is 8.21. The predicted octanol–water partition coefficient (Wildman–Crippen LogP) is 1.79. The molecule has 0 aliphatic carbocycles. The number of aryl methyl sites for hydroxylation is 2. The van der Waals surface area contributed by atoms with E-state index in [-0.39, 0.29) is 11.8 Å². The van der Waals surface area contributed by atoms with E-state index < -0.39 is 0 Å². The number of hydrogen-bond donors (Lipinski definition) is 0. The van der Waals surface area contributed by atoms with Gasteiger partial charge < -0.3 is 9.47 Å². The van der Waals surface area contributed by atoms with Crippen molar-refractivity contribution in [3.8, 4) is 0 Å². The van der Waals surface area contributed by atoms with Crippen molar-refractivity contribution < 1.29 is 4.79 Å². The smallest absolute Gasteiger partial charge is 0.259 e. The van der Waals surface area contributed by atoms with E-state index in [1.165, 1.54) is 0 Å². The Balaban J connectivity index is 1.60. The van der Waals surface area contributed by atoms with E-state index in [1.54, 1.807) is 29.2 Å². The van der Waals surface area contributed by atoms with Crippen molar-refractivity contribution in [1.82, 2.24) is 29.0 Å².